The first-order chi connectivity index (χ1) is 5.98. The van der Waals surface area contributed by atoms with Crippen LogP contribution in [0.25, 0.3) is 0 Å². The third-order valence-corrected chi connectivity index (χ3v) is 2.71. The molecule has 2 fully saturated rings. The van der Waals surface area contributed by atoms with Crippen molar-refractivity contribution in [2.75, 3.05) is 6.98 Å². The molecule has 0 aromatic rings. The molecule has 2 aliphatic heterocycles. The smallest absolute Gasteiger partial charge is 0.0570 e. The Morgan fingerprint density at radius 1 is 1.40 bits per heavy atom. The van der Waals surface area contributed by atoms with Crippen molar-refractivity contribution in [3.05, 3.63) is 0 Å². The molecule has 1 N–H and O–H groups in total. The van der Waals surface area contributed by atoms with Crippen LogP contribution in [-0.4, -0.2) is 35.2 Å². The van der Waals surface area contributed by atoms with Crippen molar-refractivity contribution in [2.45, 2.75) is 43.9 Å². The zero-order chi connectivity index (χ0) is 9.64. The Hall–Kier alpha value is -0.0800. The molecule has 0 amide bonds. The van der Waals surface area contributed by atoms with Crippen LogP contribution in [0.3, 0.4) is 0 Å². The minimum Gasteiger partial charge on any atom is -0.393 e. The van der Waals surface area contributed by atoms with Crippen LogP contribution in [0.15, 0.2) is 0 Å². The normalized spacial score (nSPS) is 53.7. The Kier molecular flexibility index (Phi) is 0.899. The molecule has 3 atom stereocenters. The first-order valence-electron chi connectivity index (χ1n) is 5.45. The van der Waals surface area contributed by atoms with Gasteiger partial charge >= 0.3 is 0 Å². The first-order valence-corrected chi connectivity index (χ1v) is 3.95. The van der Waals surface area contributed by atoms with Gasteiger partial charge in [-0.2, -0.15) is 0 Å². The molecule has 2 nitrogen and oxygen atoms in total. The summed E-state index contributed by atoms with van der Waals surface area (Å²) >= 11 is 0. The van der Waals surface area contributed by atoms with Gasteiger partial charge in [-0.15, -0.1) is 0 Å². The highest BCUT2D eigenvalue weighted by Crippen LogP contribution is 2.33. The van der Waals surface area contributed by atoms with Crippen molar-refractivity contribution in [1.29, 1.82) is 0 Å². The number of hydrogen-bond donors (Lipinski definition) is 1. The zero-order valence-electron chi connectivity index (χ0n) is 8.95. The molecule has 10 heavy (non-hydrogen) atoms. The van der Waals surface area contributed by atoms with Gasteiger partial charge < -0.3 is 10.0 Å². The number of aliphatic hydroxyl groups is 1. The van der Waals surface area contributed by atoms with Gasteiger partial charge in [0, 0.05) is 16.2 Å². The second-order valence-electron chi connectivity index (χ2n) is 3.42. The van der Waals surface area contributed by atoms with Gasteiger partial charge in [-0.1, -0.05) is 0 Å². The fraction of sp³-hybridized carbons (Fsp3) is 1.00. The molecule has 0 spiro atoms. The summed E-state index contributed by atoms with van der Waals surface area (Å²) in [4.78, 5) is 1.62. The molecule has 2 saturated heterocycles. The first kappa shape index (κ1) is 4.07. The van der Waals surface area contributed by atoms with Gasteiger partial charge in [-0.25, -0.2) is 0 Å². The van der Waals surface area contributed by atoms with Gasteiger partial charge in [-0.3, -0.25) is 0 Å². The zero-order valence-corrected chi connectivity index (χ0v) is 5.95. The lowest BCUT2D eigenvalue weighted by Crippen LogP contribution is -2.41. The molecule has 2 bridgehead atoms. The van der Waals surface area contributed by atoms with E-state index in [4.69, 9.17) is 4.11 Å². The largest absolute Gasteiger partial charge is 0.393 e. The number of hydrogen-bond acceptors (Lipinski definition) is 2. The van der Waals surface area contributed by atoms with E-state index in [1.54, 1.807) is 4.90 Å². The molecule has 2 heterocycles. The number of aliphatic hydroxyl groups excluding tert-OH is 1. The summed E-state index contributed by atoms with van der Waals surface area (Å²) in [5, 5.41) is 9.46. The Balaban J connectivity index is 2.15. The van der Waals surface area contributed by atoms with Crippen molar-refractivity contribution in [3.63, 3.8) is 0 Å². The van der Waals surface area contributed by atoms with Crippen molar-refractivity contribution in [3.8, 4) is 0 Å². The molecule has 0 aromatic carbocycles. The highest BCUT2D eigenvalue weighted by Gasteiger charge is 2.37. The predicted molar refractivity (Wildman–Crippen MR) is 39.8 cm³/mol. The van der Waals surface area contributed by atoms with Crippen LogP contribution in [-0.2, 0) is 0 Å². The van der Waals surface area contributed by atoms with Crippen LogP contribution in [0.2, 0.25) is 0 Å². The number of nitrogens with zero attached hydrogens (tertiary/aromatic N) is 1. The Morgan fingerprint density at radius 3 is 2.50 bits per heavy atom. The fourth-order valence-electron chi connectivity index (χ4n) is 2.15. The summed E-state index contributed by atoms with van der Waals surface area (Å²) in [5.41, 5.74) is 0. The summed E-state index contributed by atoms with van der Waals surface area (Å²) in [6, 6.07) is 0.169. The molecule has 2 heteroatoms. The second kappa shape index (κ2) is 2.21. The number of fused-ring (bicyclic) bond motifs is 2. The maximum Gasteiger partial charge on any atom is 0.0570 e. The van der Waals surface area contributed by atoms with E-state index in [0.717, 1.165) is 12.8 Å². The number of rotatable bonds is 0. The van der Waals surface area contributed by atoms with Crippen molar-refractivity contribution >= 4 is 0 Å². The maximum absolute atomic E-state index is 9.46. The topological polar surface area (TPSA) is 23.5 Å². The van der Waals surface area contributed by atoms with Crippen molar-refractivity contribution in [1.82, 2.24) is 4.90 Å². The van der Waals surface area contributed by atoms with E-state index in [9.17, 15) is 5.11 Å². The minimum absolute atomic E-state index is 0.0845. The molecule has 0 saturated carbocycles. The molecule has 0 aromatic heterocycles. The summed E-state index contributed by atoms with van der Waals surface area (Å²) in [6.07, 6.45) is 2.85. The molecule has 0 radical (unpaired) electrons. The highest BCUT2D eigenvalue weighted by atomic mass is 16.3. The lowest BCUT2D eigenvalue weighted by atomic mass is 10.0. The quantitative estimate of drug-likeness (QED) is 0.538. The minimum atomic E-state index is -1.97. The molecule has 0 aliphatic carbocycles. The van der Waals surface area contributed by atoms with Crippen LogP contribution in [0.4, 0.5) is 0 Å². The Morgan fingerprint density at radius 2 is 2.00 bits per heavy atom. The van der Waals surface area contributed by atoms with Gasteiger partial charge in [0.15, 0.2) is 0 Å². The predicted octanol–water partition coefficient (Wildman–Crippen LogP) is 0.604. The molecule has 58 valence electrons. The average Bonchev–Trinajstić information content (AvgIpc) is 2.23. The van der Waals surface area contributed by atoms with E-state index in [1.807, 2.05) is 0 Å². The van der Waals surface area contributed by atoms with Crippen molar-refractivity contribution < 1.29 is 9.22 Å². The summed E-state index contributed by atoms with van der Waals surface area (Å²) in [7, 11) is 0. The van der Waals surface area contributed by atoms with Crippen LogP contribution in [0.5, 0.6) is 0 Å². The molecular formula is C8H15NO. The third kappa shape index (κ3) is 0.867. The average molecular weight is 144 g/mol. The summed E-state index contributed by atoms with van der Waals surface area (Å²) in [6.45, 7) is -1.97. The van der Waals surface area contributed by atoms with Crippen LogP contribution in [0, 0.1) is 0 Å². The maximum atomic E-state index is 9.46. The Labute approximate surface area is 66.1 Å². The van der Waals surface area contributed by atoms with E-state index in [-0.39, 0.29) is 18.2 Å². The fourth-order valence-corrected chi connectivity index (χ4v) is 2.15. The summed E-state index contributed by atoms with van der Waals surface area (Å²) < 4.78 is 22.1. The van der Waals surface area contributed by atoms with Gasteiger partial charge in [0.2, 0.25) is 0 Å². The molecule has 2 aliphatic rings. The Bertz CT molecular complexity index is 192. The van der Waals surface area contributed by atoms with Crippen LogP contribution >= 0.6 is 0 Å². The summed E-state index contributed by atoms with van der Waals surface area (Å²) in [5.74, 6) is 0. The van der Waals surface area contributed by atoms with Gasteiger partial charge in [0.05, 0.1) is 6.10 Å². The SMILES string of the molecule is [2H]C([2H])([2H])N1[C@@H]2CC[C@H]1CC(O)C2. The lowest BCUT2D eigenvalue weighted by molar-refractivity contribution is 0.0503. The van der Waals surface area contributed by atoms with E-state index < -0.39 is 6.98 Å². The van der Waals surface area contributed by atoms with Gasteiger partial charge in [0.1, 0.15) is 0 Å². The van der Waals surface area contributed by atoms with Crippen LogP contribution < -0.4 is 0 Å². The monoisotopic (exact) mass is 144 g/mol. The number of piperidine rings is 1. The highest BCUT2D eigenvalue weighted by molar-refractivity contribution is 4.93. The van der Waals surface area contributed by atoms with E-state index >= 15 is 0 Å². The van der Waals surface area contributed by atoms with Gasteiger partial charge in [-0.05, 0) is 32.7 Å². The van der Waals surface area contributed by atoms with Crippen molar-refractivity contribution in [2.24, 2.45) is 0 Å². The van der Waals surface area contributed by atoms with Crippen LogP contribution in [0.1, 0.15) is 29.8 Å². The third-order valence-electron chi connectivity index (χ3n) is 2.71. The standard InChI is InChI=1S/C8H15NO/c1-9-6-2-3-7(9)5-8(10)4-6/h6-8,10H,2-5H2,1H3/t6-,7+,8?/i1D3. The molecule has 2 rings (SSSR count). The van der Waals surface area contributed by atoms with E-state index in [1.165, 1.54) is 0 Å². The molecular weight excluding hydrogens is 126 g/mol. The van der Waals surface area contributed by atoms with E-state index in [0.29, 0.717) is 12.8 Å². The van der Waals surface area contributed by atoms with E-state index in [2.05, 4.69) is 0 Å². The lowest BCUT2D eigenvalue weighted by Gasteiger charge is -2.33. The molecule has 1 unspecified atom stereocenters. The van der Waals surface area contributed by atoms with Gasteiger partial charge in [0.25, 0.3) is 0 Å². The second-order valence-corrected chi connectivity index (χ2v) is 3.42.